The molecule has 0 bridgehead atoms. The fourth-order valence-electron chi connectivity index (χ4n) is 1.92. The number of sulfone groups is 1. The normalized spacial score (nSPS) is 11.0. The lowest BCUT2D eigenvalue weighted by atomic mass is 10.2. The van der Waals surface area contributed by atoms with E-state index in [1.165, 1.54) is 6.92 Å². The highest BCUT2D eigenvalue weighted by atomic mass is 32.2. The minimum absolute atomic E-state index is 0.0537. The van der Waals surface area contributed by atoms with E-state index in [1.807, 2.05) is 6.92 Å². The fraction of sp³-hybridized carbons (Fsp3) is 0.500. The average molecular weight is 340 g/mol. The van der Waals surface area contributed by atoms with Gasteiger partial charge in [0.25, 0.3) is 0 Å². The van der Waals surface area contributed by atoms with Gasteiger partial charge in [0.05, 0.1) is 10.6 Å². The number of amides is 2. The Hall–Kier alpha value is -1.89. The molecule has 0 heterocycles. The Bertz CT molecular complexity index is 624. The third-order valence-corrected chi connectivity index (χ3v) is 5.01. The Morgan fingerprint density at radius 3 is 2.13 bits per heavy atom. The van der Waals surface area contributed by atoms with Crippen LogP contribution in [0.5, 0.6) is 0 Å². The lowest BCUT2D eigenvalue weighted by molar-refractivity contribution is -0.121. The minimum Gasteiger partial charge on any atom is -0.356 e. The molecule has 2 amide bonds. The van der Waals surface area contributed by atoms with Crippen molar-refractivity contribution >= 4 is 21.7 Å². The summed E-state index contributed by atoms with van der Waals surface area (Å²) in [5.41, 5.74) is 0.987. The third-order valence-electron chi connectivity index (χ3n) is 3.28. The standard InChI is InChI=1S/C16H24N2O4S/c1-13-5-7-15(8-6-13)23(21,22)12-9-16(20)18-11-4-3-10-17-14(2)19/h5-8H,3-4,9-12H2,1-2H3,(H,17,19)(H,18,20). The monoisotopic (exact) mass is 340 g/mol. The van der Waals surface area contributed by atoms with Gasteiger partial charge in [-0.2, -0.15) is 0 Å². The molecule has 0 aliphatic rings. The van der Waals surface area contributed by atoms with Crippen LogP contribution in [-0.4, -0.2) is 39.1 Å². The first-order valence-corrected chi connectivity index (χ1v) is 9.27. The Labute approximate surface area is 137 Å². The first kappa shape index (κ1) is 19.2. The molecule has 1 aromatic carbocycles. The quantitative estimate of drug-likeness (QED) is 0.661. The highest BCUT2D eigenvalue weighted by Gasteiger charge is 2.16. The zero-order valence-electron chi connectivity index (χ0n) is 13.6. The van der Waals surface area contributed by atoms with Crippen molar-refractivity contribution in [3.63, 3.8) is 0 Å². The van der Waals surface area contributed by atoms with Crippen LogP contribution in [0.4, 0.5) is 0 Å². The van der Waals surface area contributed by atoms with Crippen molar-refractivity contribution in [1.29, 1.82) is 0 Å². The number of hydrogen-bond donors (Lipinski definition) is 2. The largest absolute Gasteiger partial charge is 0.356 e. The first-order chi connectivity index (χ1) is 10.8. The van der Waals surface area contributed by atoms with Crippen LogP contribution in [0.2, 0.25) is 0 Å². The molecule has 7 heteroatoms. The predicted molar refractivity (Wildman–Crippen MR) is 88.8 cm³/mol. The van der Waals surface area contributed by atoms with Crippen LogP contribution in [-0.2, 0) is 19.4 Å². The number of carbonyl (C=O) groups is 2. The summed E-state index contributed by atoms with van der Waals surface area (Å²) in [5, 5.41) is 5.36. The van der Waals surface area contributed by atoms with E-state index in [-0.39, 0.29) is 28.9 Å². The highest BCUT2D eigenvalue weighted by molar-refractivity contribution is 7.91. The maximum absolute atomic E-state index is 12.1. The molecule has 0 spiro atoms. The molecular formula is C16H24N2O4S. The maximum atomic E-state index is 12.1. The van der Waals surface area contributed by atoms with Gasteiger partial charge in [0.1, 0.15) is 0 Å². The highest BCUT2D eigenvalue weighted by Crippen LogP contribution is 2.12. The van der Waals surface area contributed by atoms with Gasteiger partial charge in [-0.15, -0.1) is 0 Å². The zero-order valence-corrected chi connectivity index (χ0v) is 14.4. The third kappa shape index (κ3) is 7.78. The van der Waals surface area contributed by atoms with Crippen LogP contribution in [0.25, 0.3) is 0 Å². The smallest absolute Gasteiger partial charge is 0.221 e. The van der Waals surface area contributed by atoms with Crippen molar-refractivity contribution in [2.24, 2.45) is 0 Å². The molecule has 0 atom stereocenters. The van der Waals surface area contributed by atoms with Crippen LogP contribution in [0.1, 0.15) is 31.7 Å². The van der Waals surface area contributed by atoms with Crippen molar-refractivity contribution in [3.8, 4) is 0 Å². The molecule has 23 heavy (non-hydrogen) atoms. The van der Waals surface area contributed by atoms with Crippen LogP contribution < -0.4 is 10.6 Å². The number of hydrogen-bond acceptors (Lipinski definition) is 4. The zero-order chi connectivity index (χ0) is 17.3. The van der Waals surface area contributed by atoms with Crippen molar-refractivity contribution in [1.82, 2.24) is 10.6 Å². The average Bonchev–Trinajstić information content (AvgIpc) is 2.49. The molecular weight excluding hydrogens is 316 g/mol. The van der Waals surface area contributed by atoms with Gasteiger partial charge in [-0.05, 0) is 31.9 Å². The number of nitrogens with one attached hydrogen (secondary N) is 2. The summed E-state index contributed by atoms with van der Waals surface area (Å²) in [4.78, 5) is 22.6. The van der Waals surface area contributed by atoms with Gasteiger partial charge in [0, 0.05) is 26.4 Å². The van der Waals surface area contributed by atoms with Crippen LogP contribution in [0.15, 0.2) is 29.2 Å². The molecule has 1 aromatic rings. The molecule has 2 N–H and O–H groups in total. The van der Waals surface area contributed by atoms with Crippen molar-refractivity contribution in [2.45, 2.75) is 38.0 Å². The Morgan fingerprint density at radius 2 is 1.57 bits per heavy atom. The summed E-state index contributed by atoms with van der Waals surface area (Å²) < 4.78 is 24.2. The molecule has 0 unspecified atom stereocenters. The van der Waals surface area contributed by atoms with E-state index in [1.54, 1.807) is 24.3 Å². The number of benzene rings is 1. The predicted octanol–water partition coefficient (Wildman–Crippen LogP) is 1.19. The maximum Gasteiger partial charge on any atom is 0.221 e. The van der Waals surface area contributed by atoms with Crippen molar-refractivity contribution < 1.29 is 18.0 Å². The van der Waals surface area contributed by atoms with Gasteiger partial charge >= 0.3 is 0 Å². The lowest BCUT2D eigenvalue weighted by Crippen LogP contribution is -2.27. The SMILES string of the molecule is CC(=O)NCCCCNC(=O)CCS(=O)(=O)c1ccc(C)cc1. The van der Waals surface area contributed by atoms with E-state index in [9.17, 15) is 18.0 Å². The fourth-order valence-corrected chi connectivity index (χ4v) is 3.16. The van der Waals surface area contributed by atoms with Crippen LogP contribution in [0.3, 0.4) is 0 Å². The van der Waals surface area contributed by atoms with Gasteiger partial charge in [-0.3, -0.25) is 9.59 Å². The van der Waals surface area contributed by atoms with Crippen LogP contribution in [0, 0.1) is 6.92 Å². The van der Waals surface area contributed by atoms with E-state index < -0.39 is 9.84 Å². The van der Waals surface area contributed by atoms with Gasteiger partial charge in [-0.25, -0.2) is 8.42 Å². The molecule has 6 nitrogen and oxygen atoms in total. The van der Waals surface area contributed by atoms with E-state index in [4.69, 9.17) is 0 Å². The first-order valence-electron chi connectivity index (χ1n) is 7.62. The molecule has 0 fully saturated rings. The van der Waals surface area contributed by atoms with Crippen molar-refractivity contribution in [3.05, 3.63) is 29.8 Å². The summed E-state index contributed by atoms with van der Waals surface area (Å²) in [6.07, 6.45) is 1.44. The molecule has 0 aliphatic carbocycles. The lowest BCUT2D eigenvalue weighted by Gasteiger charge is -2.07. The van der Waals surface area contributed by atoms with Crippen molar-refractivity contribution in [2.75, 3.05) is 18.8 Å². The van der Waals surface area contributed by atoms with Crippen LogP contribution >= 0.6 is 0 Å². The summed E-state index contributed by atoms with van der Waals surface area (Å²) in [5.74, 6) is -0.552. The second-order valence-corrected chi connectivity index (χ2v) is 7.53. The van der Waals surface area contributed by atoms with Gasteiger partial charge in [0.2, 0.25) is 11.8 Å². The second kappa shape index (κ2) is 9.29. The summed E-state index contributed by atoms with van der Waals surface area (Å²) in [7, 11) is -3.43. The van der Waals surface area contributed by atoms with E-state index >= 15 is 0 Å². The van der Waals surface area contributed by atoms with E-state index in [2.05, 4.69) is 10.6 Å². The molecule has 0 radical (unpaired) electrons. The number of carbonyl (C=O) groups excluding carboxylic acids is 2. The minimum atomic E-state index is -3.43. The summed E-state index contributed by atoms with van der Waals surface area (Å²) in [6, 6.07) is 6.60. The number of unbranched alkanes of at least 4 members (excludes halogenated alkanes) is 1. The van der Waals surface area contributed by atoms with Gasteiger partial charge < -0.3 is 10.6 Å². The Kier molecular flexibility index (Phi) is 7.74. The van der Waals surface area contributed by atoms with Gasteiger partial charge in [-0.1, -0.05) is 17.7 Å². The second-order valence-electron chi connectivity index (χ2n) is 5.42. The molecule has 128 valence electrons. The Morgan fingerprint density at radius 1 is 1.00 bits per heavy atom. The number of aryl methyl sites for hydroxylation is 1. The van der Waals surface area contributed by atoms with Gasteiger partial charge in [0.15, 0.2) is 9.84 Å². The molecule has 0 saturated heterocycles. The summed E-state index contributed by atoms with van der Waals surface area (Å²) in [6.45, 7) is 4.39. The Balaban J connectivity index is 2.27. The molecule has 1 rings (SSSR count). The molecule has 0 saturated carbocycles. The molecule has 0 aromatic heterocycles. The van der Waals surface area contributed by atoms with E-state index in [0.29, 0.717) is 13.1 Å². The number of rotatable bonds is 9. The summed E-state index contributed by atoms with van der Waals surface area (Å²) >= 11 is 0. The van der Waals surface area contributed by atoms with E-state index in [0.717, 1.165) is 18.4 Å². The molecule has 0 aliphatic heterocycles. The topological polar surface area (TPSA) is 92.3 Å².